The van der Waals surface area contributed by atoms with Crippen molar-refractivity contribution >= 4 is 95.3 Å². The predicted octanol–water partition coefficient (Wildman–Crippen LogP) is -4.93. The van der Waals surface area contributed by atoms with Gasteiger partial charge in [-0.25, -0.2) is 14.9 Å². The monoisotopic (exact) mass is 1290 g/mol. The number of ether oxygens (including phenoxy) is 1. The van der Waals surface area contributed by atoms with Gasteiger partial charge in [0.15, 0.2) is 5.75 Å². The molecule has 10 unspecified atom stereocenters. The standard InChI is InChI=1S/C55H82N16O20/c1-28-47(80)60-29(2)48(81)63-33(12-8-20-69(89)26-72)50(83)66-35(11-5-7-18-57)55(88)91-30(3)45(54(87)61-28)68-51(84)32(10-4-6-17-56)64-49(82)34(13-9-21-70(90)27-73)65-52(85)37(24-44(78)79)67-53(86)38-16-19-59-46-36(62-43(77)15-14-42(58)76)22-31-23-40(74)41(75)25-39(31)71(38)46/h22-23,25-30,32-35,37-38,45,59,74,89-90H,4-21,24,56-57H2,1-3H3,(H2,58,76)(H,60,80)(H,61,87)(H,62,77)(H,63,81)(H,64,82)(H,65,85)(H,66,83)(H,67,86)(H,68,84)(H,78,79). The van der Waals surface area contributed by atoms with E-state index in [9.17, 15) is 92.5 Å². The Hall–Kier alpha value is -9.55. The molecular weight excluding hydrogens is 1200 g/mol. The number of nitrogens with one attached hydrogen (secondary N) is 10. The largest absolute Gasteiger partial charge is 0.504 e. The Balaban J connectivity index is 1.70. The Morgan fingerprint density at radius 2 is 1.27 bits per heavy atom. The number of unbranched alkanes of at least 4 members (excludes halogenated alkanes) is 2. The summed E-state index contributed by atoms with van der Waals surface area (Å²) in [5.74, 6) is -13.3. The van der Waals surface area contributed by atoms with Crippen LogP contribution in [0.1, 0.15) is 117 Å². The van der Waals surface area contributed by atoms with E-state index in [0.717, 1.165) is 12.1 Å². The molecule has 0 aromatic heterocycles. The van der Waals surface area contributed by atoms with Gasteiger partial charge in [0.05, 0.1) is 17.8 Å². The summed E-state index contributed by atoms with van der Waals surface area (Å²) in [5.41, 5.74) is 16.0. The molecule has 4 rings (SSSR count). The Bertz CT molecular complexity index is 3000. The van der Waals surface area contributed by atoms with Gasteiger partial charge in [-0.15, -0.1) is 0 Å². The minimum atomic E-state index is -1.99. The molecule has 10 atom stereocenters. The van der Waals surface area contributed by atoms with Crippen LogP contribution in [0.4, 0.5) is 11.5 Å². The summed E-state index contributed by atoms with van der Waals surface area (Å²) < 4.78 is 7.02. The molecule has 36 heteroatoms. The molecule has 0 bridgehead atoms. The van der Waals surface area contributed by atoms with Gasteiger partial charge in [-0.3, -0.25) is 77.5 Å². The maximum atomic E-state index is 14.6. The maximum absolute atomic E-state index is 14.6. The van der Waals surface area contributed by atoms with E-state index in [1.807, 2.05) is 0 Å². The average Bonchev–Trinajstić information content (AvgIpc) is 0.774. The van der Waals surface area contributed by atoms with Crippen molar-refractivity contribution in [2.45, 2.75) is 171 Å². The number of aromatic nitrogens is 1. The molecule has 1 saturated heterocycles. The minimum absolute atomic E-state index is 0.0124. The number of hydrogen-bond acceptors (Lipinski definition) is 22. The summed E-state index contributed by atoms with van der Waals surface area (Å²) in [6, 6.07) is -11.0. The Morgan fingerprint density at radius 3 is 1.90 bits per heavy atom. The lowest BCUT2D eigenvalue weighted by atomic mass is 10.0. The fourth-order valence-corrected chi connectivity index (χ4v) is 9.71. The number of nitrogens with two attached hydrogens (primary N) is 3. The Morgan fingerprint density at radius 1 is 0.703 bits per heavy atom. The first kappa shape index (κ1) is 73.9. The average molecular weight is 1290 g/mol. The van der Waals surface area contributed by atoms with Gasteiger partial charge >= 0.3 is 11.9 Å². The highest BCUT2D eigenvalue weighted by atomic mass is 16.5. The number of aliphatic carboxylic acids is 1. The lowest BCUT2D eigenvalue weighted by Gasteiger charge is -2.34. The zero-order chi connectivity index (χ0) is 67.6. The van der Waals surface area contributed by atoms with Gasteiger partial charge in [-0.2, -0.15) is 0 Å². The molecule has 0 radical (unpaired) electrons. The number of hydroxylamine groups is 4. The number of amides is 12. The second-order valence-corrected chi connectivity index (χ2v) is 21.8. The summed E-state index contributed by atoms with van der Waals surface area (Å²) in [7, 11) is 0. The molecule has 0 aromatic rings. The van der Waals surface area contributed by atoms with Gasteiger partial charge in [0.1, 0.15) is 66.3 Å². The van der Waals surface area contributed by atoms with Crippen LogP contribution in [0.25, 0.3) is 11.3 Å². The van der Waals surface area contributed by atoms with Crippen molar-refractivity contribution < 1.29 is 92.5 Å². The molecule has 12 amide bonds. The van der Waals surface area contributed by atoms with E-state index in [2.05, 4.69) is 53.2 Å². The molecule has 0 spiro atoms. The van der Waals surface area contributed by atoms with Gasteiger partial charge < -0.3 is 89.9 Å². The van der Waals surface area contributed by atoms with Gasteiger partial charge in [0, 0.05) is 44.1 Å². The smallest absolute Gasteiger partial charge is 0.328 e. The highest BCUT2D eigenvalue weighted by Crippen LogP contribution is 2.40. The van der Waals surface area contributed by atoms with Gasteiger partial charge in [0.2, 0.25) is 77.3 Å². The van der Waals surface area contributed by atoms with Crippen LogP contribution in [0.2, 0.25) is 0 Å². The van der Waals surface area contributed by atoms with Crippen molar-refractivity contribution in [3.63, 3.8) is 0 Å². The highest BCUT2D eigenvalue weighted by molar-refractivity contribution is 6.00. The Kier molecular flexibility index (Phi) is 29.4. The van der Waals surface area contributed by atoms with E-state index in [0.29, 0.717) is 11.5 Å². The van der Waals surface area contributed by atoms with E-state index in [4.69, 9.17) is 21.9 Å². The lowest BCUT2D eigenvalue weighted by molar-refractivity contribution is -0.156. The topological polar surface area (TPSA) is 556 Å². The third-order valence-corrected chi connectivity index (χ3v) is 14.6. The quantitative estimate of drug-likeness (QED) is 0.0107. The number of nitrogens with zero attached hydrogens (tertiary/aromatic N) is 3. The number of pyridine rings is 1. The van der Waals surface area contributed by atoms with E-state index in [-0.39, 0.29) is 137 Å². The zero-order valence-corrected chi connectivity index (χ0v) is 50.5. The van der Waals surface area contributed by atoms with Crippen molar-refractivity contribution in [2.24, 2.45) is 17.2 Å². The summed E-state index contributed by atoms with van der Waals surface area (Å²) in [4.78, 5) is 199. The van der Waals surface area contributed by atoms with Crippen LogP contribution in [0, 0.1) is 0 Å². The van der Waals surface area contributed by atoms with E-state index in [1.54, 1.807) is 0 Å². The number of phenolic OH excluding ortho intramolecular Hbond substituents is 1. The number of rotatable bonds is 32. The first-order valence-electron chi connectivity index (χ1n) is 29.4. The van der Waals surface area contributed by atoms with Crippen molar-refractivity contribution in [2.75, 3.05) is 43.4 Å². The number of phenols is 1. The number of benzene rings is 1. The molecule has 91 heavy (non-hydrogen) atoms. The number of aromatic hydroxyl groups is 1. The van der Waals surface area contributed by atoms with Gasteiger partial charge in [-0.05, 0) is 117 Å². The van der Waals surface area contributed by atoms with Crippen LogP contribution in [0.3, 0.4) is 0 Å². The summed E-state index contributed by atoms with van der Waals surface area (Å²) in [6.07, 6.45) is -3.62. The molecule has 20 N–H and O–H groups in total. The van der Waals surface area contributed by atoms with E-state index in [1.165, 1.54) is 31.4 Å². The van der Waals surface area contributed by atoms with Crippen LogP contribution in [-0.2, 0) is 71.9 Å². The zero-order valence-electron chi connectivity index (χ0n) is 50.5. The minimum Gasteiger partial charge on any atom is -0.504 e. The number of carbonyl (C=O) groups is 14. The molecule has 4 aliphatic rings. The van der Waals surface area contributed by atoms with Crippen LogP contribution in [0.5, 0.6) is 5.75 Å². The van der Waals surface area contributed by atoms with Crippen LogP contribution < -0.4 is 75.8 Å². The first-order chi connectivity index (χ1) is 43.1. The molecule has 1 aliphatic carbocycles. The maximum Gasteiger partial charge on any atom is 0.328 e. The molecule has 502 valence electrons. The van der Waals surface area contributed by atoms with Crippen molar-refractivity contribution in [3.05, 3.63) is 28.4 Å². The van der Waals surface area contributed by atoms with E-state index < -0.39 is 162 Å². The summed E-state index contributed by atoms with van der Waals surface area (Å²) in [5, 5.41) is 65.8. The SMILES string of the molecule is CC1NC(=O)C(C)NC(=O)C(NC(=O)C(CCCCN)NC(=O)C(CCCN(O)C=O)NC(=O)C(CC(=O)O)NC(=O)C2CCNc3c(NC(=O)CCC(N)=O)cc4cc(O)c(=O)cc-4n32)C(C)OC(=O)C(CCCCN)NC(=O)C(CCCN(O)C=O)NC1=O. The molecule has 0 saturated carbocycles. The lowest BCUT2D eigenvalue weighted by Crippen LogP contribution is -2.62. The number of cyclic esters (lactones) is 1. The van der Waals surface area contributed by atoms with Gasteiger partial charge in [0.25, 0.3) is 0 Å². The Labute approximate surface area is 520 Å². The fourth-order valence-electron chi connectivity index (χ4n) is 9.71. The number of anilines is 2. The van der Waals surface area contributed by atoms with Gasteiger partial charge in [-0.1, -0.05) is 0 Å². The molecule has 36 nitrogen and oxygen atoms in total. The first-order valence-corrected chi connectivity index (χ1v) is 29.4. The van der Waals surface area contributed by atoms with Crippen molar-refractivity contribution in [3.8, 4) is 17.0 Å². The van der Waals surface area contributed by atoms with Crippen LogP contribution >= 0.6 is 0 Å². The number of primary amides is 1. The second-order valence-electron chi connectivity index (χ2n) is 21.8. The molecule has 3 aliphatic heterocycles. The predicted molar refractivity (Wildman–Crippen MR) is 316 cm³/mol. The second kappa shape index (κ2) is 36.2. The number of carboxylic acids is 1. The third-order valence-electron chi connectivity index (χ3n) is 14.6. The number of fused-ring (bicyclic) bond motifs is 3. The molecule has 3 heterocycles. The normalized spacial score (nSPS) is 20.6. The van der Waals surface area contributed by atoms with Crippen molar-refractivity contribution in [1.82, 2.24) is 57.2 Å². The van der Waals surface area contributed by atoms with Crippen molar-refractivity contribution in [1.29, 1.82) is 0 Å². The van der Waals surface area contributed by atoms with Crippen LogP contribution in [0.15, 0.2) is 23.0 Å². The summed E-state index contributed by atoms with van der Waals surface area (Å²) >= 11 is 0. The summed E-state index contributed by atoms with van der Waals surface area (Å²) in [6.45, 7) is 3.27. The highest BCUT2D eigenvalue weighted by Gasteiger charge is 2.40. The number of hydrogen-bond donors (Lipinski definition) is 17. The molecule has 0 aromatic carbocycles. The molecule has 1 fully saturated rings. The fraction of sp³-hybridized carbons (Fsp3) is 0.582. The number of esters is 1. The third kappa shape index (κ3) is 22.8. The van der Waals surface area contributed by atoms with E-state index >= 15 is 0 Å². The number of carbonyl (C=O) groups excluding carboxylic acids is 13. The van der Waals surface area contributed by atoms with Crippen LogP contribution in [-0.4, -0.2) is 206 Å². The molecular formula is C55H82N16O20. The number of carboxylic acid groups (broad SMARTS) is 1.